The van der Waals surface area contributed by atoms with E-state index < -0.39 is 9.05 Å². The van der Waals surface area contributed by atoms with Crippen molar-refractivity contribution < 1.29 is 12.8 Å². The Morgan fingerprint density at radius 1 is 0.933 bits per heavy atom. The molecule has 1 aliphatic heterocycles. The Balaban J connectivity index is 2.21. The highest BCUT2D eigenvalue weighted by Gasteiger charge is 2.23. The van der Waals surface area contributed by atoms with Gasteiger partial charge >= 0.3 is 0 Å². The van der Waals surface area contributed by atoms with Gasteiger partial charge in [0.15, 0.2) is 0 Å². The lowest BCUT2D eigenvalue weighted by molar-refractivity contribution is 0.609. The average molecular weight is 442 g/mol. The highest BCUT2D eigenvalue weighted by atomic mass is 35.7. The van der Waals surface area contributed by atoms with Crippen molar-refractivity contribution >= 4 is 36.4 Å². The Labute approximate surface area is 180 Å². The van der Waals surface area contributed by atoms with Gasteiger partial charge in [0.25, 0.3) is 9.05 Å². The number of hydrogen-bond acceptors (Lipinski definition) is 4. The number of nitrogens with zero attached hydrogens (tertiary/aromatic N) is 2. The maximum atomic E-state index is 12.3. The molecule has 0 radical (unpaired) electrons. The minimum absolute atomic E-state index is 0.0776. The second-order valence-corrected chi connectivity index (χ2v) is 10.1. The highest BCUT2D eigenvalue weighted by Crippen LogP contribution is 2.43. The van der Waals surface area contributed by atoms with Crippen molar-refractivity contribution in [2.24, 2.45) is 0 Å². The van der Waals surface area contributed by atoms with Crippen LogP contribution >= 0.6 is 10.7 Å². The zero-order valence-corrected chi connectivity index (χ0v) is 18.8. The van der Waals surface area contributed by atoms with Gasteiger partial charge in [0, 0.05) is 64.7 Å². The van der Waals surface area contributed by atoms with Crippen LogP contribution in [-0.4, -0.2) is 36.6 Å². The van der Waals surface area contributed by atoms with Gasteiger partial charge in [-0.05, 0) is 24.3 Å². The van der Waals surface area contributed by atoms with Gasteiger partial charge in [-0.3, -0.25) is 0 Å². The Hall–Kier alpha value is -2.83. The zero-order valence-electron chi connectivity index (χ0n) is 17.2. The van der Waals surface area contributed by atoms with Gasteiger partial charge in [-0.1, -0.05) is 18.2 Å². The number of benzene rings is 3. The Bertz CT molecular complexity index is 1420. The van der Waals surface area contributed by atoms with Crippen LogP contribution < -0.4 is 14.8 Å². The highest BCUT2D eigenvalue weighted by molar-refractivity contribution is 8.13. The molecule has 0 saturated heterocycles. The summed E-state index contributed by atoms with van der Waals surface area (Å²) in [5.74, 6) is 0.668. The molecule has 0 atom stereocenters. The van der Waals surface area contributed by atoms with Gasteiger partial charge in [0.2, 0.25) is 5.36 Å². The van der Waals surface area contributed by atoms with E-state index in [1.54, 1.807) is 12.1 Å². The number of anilines is 1. The van der Waals surface area contributed by atoms with Crippen LogP contribution in [0.5, 0.6) is 0 Å². The van der Waals surface area contributed by atoms with E-state index in [9.17, 15) is 8.42 Å². The Kier molecular flexibility index (Phi) is 5.08. The SMILES string of the molecule is CN(C)c1ccc2c(-c3ccccc3S(=O)(=O)Cl)c3ccc(=[N+](C)C)cc-3oc2c1. The third-order valence-electron chi connectivity index (χ3n) is 5.14. The van der Waals surface area contributed by atoms with Crippen molar-refractivity contribution in [2.75, 3.05) is 33.1 Å². The first kappa shape index (κ1) is 20.4. The van der Waals surface area contributed by atoms with E-state index in [-0.39, 0.29) is 4.90 Å². The standard InChI is InChI=1S/C23H22ClN2O3S/c1-25(2)15-9-11-17-20(13-15)29-21-14-16(26(3)4)10-12-18(21)23(17)19-7-5-6-8-22(19)30(24,27)28/h5-14H,1-4H3/q+1. The van der Waals surface area contributed by atoms with Gasteiger partial charge in [0.1, 0.15) is 25.4 Å². The summed E-state index contributed by atoms with van der Waals surface area (Å²) in [6, 6.07) is 18.6. The molecule has 0 amide bonds. The predicted octanol–water partition coefficient (Wildman–Crippen LogP) is 4.23. The van der Waals surface area contributed by atoms with E-state index in [1.807, 2.05) is 80.1 Å². The summed E-state index contributed by atoms with van der Waals surface area (Å²) < 4.78 is 32.9. The summed E-state index contributed by atoms with van der Waals surface area (Å²) >= 11 is 0. The van der Waals surface area contributed by atoms with Crippen molar-refractivity contribution in [1.82, 2.24) is 4.58 Å². The number of hydrogen-bond donors (Lipinski definition) is 0. The van der Waals surface area contributed by atoms with Crippen LogP contribution in [0, 0.1) is 0 Å². The molecule has 7 heteroatoms. The molecular weight excluding hydrogens is 420 g/mol. The second-order valence-electron chi connectivity index (χ2n) is 7.56. The fourth-order valence-corrected chi connectivity index (χ4v) is 4.68. The molecule has 0 spiro atoms. The van der Waals surface area contributed by atoms with Crippen LogP contribution in [0.3, 0.4) is 0 Å². The summed E-state index contributed by atoms with van der Waals surface area (Å²) in [4.78, 5) is 2.07. The maximum absolute atomic E-state index is 12.3. The molecule has 154 valence electrons. The molecule has 4 rings (SSSR count). The molecule has 0 unspecified atom stereocenters. The number of halogens is 1. The lowest BCUT2D eigenvalue weighted by Gasteiger charge is -2.18. The average Bonchev–Trinajstić information content (AvgIpc) is 2.70. The van der Waals surface area contributed by atoms with E-state index in [0.717, 1.165) is 27.6 Å². The van der Waals surface area contributed by atoms with Gasteiger partial charge in [-0.25, -0.2) is 13.0 Å². The molecule has 0 fully saturated rings. The molecule has 0 bridgehead atoms. The minimum Gasteiger partial charge on any atom is -0.456 e. The third-order valence-corrected chi connectivity index (χ3v) is 6.52. The second kappa shape index (κ2) is 7.45. The molecule has 2 aliphatic rings. The normalized spacial score (nSPS) is 11.8. The van der Waals surface area contributed by atoms with Crippen LogP contribution in [0.1, 0.15) is 0 Å². The first-order valence-electron chi connectivity index (χ1n) is 9.39. The Morgan fingerprint density at radius 3 is 2.33 bits per heavy atom. The van der Waals surface area contributed by atoms with Crippen LogP contribution in [0.25, 0.3) is 33.4 Å². The summed E-state index contributed by atoms with van der Waals surface area (Å²) in [6.45, 7) is 0. The van der Waals surface area contributed by atoms with Crippen molar-refractivity contribution in [3.05, 3.63) is 66.0 Å². The fraction of sp³-hybridized carbons (Fsp3) is 0.174. The molecular formula is C23H22ClN2O3S+. The van der Waals surface area contributed by atoms with Crippen molar-refractivity contribution in [2.45, 2.75) is 4.90 Å². The minimum atomic E-state index is -3.94. The molecule has 30 heavy (non-hydrogen) atoms. The van der Waals surface area contributed by atoms with Gasteiger partial charge in [0.05, 0.1) is 11.0 Å². The zero-order chi connectivity index (χ0) is 21.6. The lowest BCUT2D eigenvalue weighted by Crippen LogP contribution is -2.21. The molecule has 0 aromatic heterocycles. The fourth-order valence-electron chi connectivity index (χ4n) is 3.60. The third kappa shape index (κ3) is 3.57. The molecule has 1 heterocycles. The summed E-state index contributed by atoms with van der Waals surface area (Å²) in [5.41, 5.74) is 3.80. The quantitative estimate of drug-likeness (QED) is 0.271. The maximum Gasteiger partial charge on any atom is 0.261 e. The number of rotatable bonds is 3. The molecule has 0 saturated carbocycles. The first-order chi connectivity index (χ1) is 14.2. The molecule has 1 aliphatic carbocycles. The van der Waals surface area contributed by atoms with Crippen molar-refractivity contribution in [3.63, 3.8) is 0 Å². The van der Waals surface area contributed by atoms with Gasteiger partial charge in [-0.15, -0.1) is 0 Å². The van der Waals surface area contributed by atoms with E-state index in [1.165, 1.54) is 6.07 Å². The van der Waals surface area contributed by atoms with E-state index in [2.05, 4.69) is 0 Å². The van der Waals surface area contributed by atoms with Crippen molar-refractivity contribution in [3.8, 4) is 22.5 Å². The van der Waals surface area contributed by atoms with Crippen LogP contribution in [0.15, 0.2) is 70.0 Å². The van der Waals surface area contributed by atoms with E-state index in [0.29, 0.717) is 16.9 Å². The molecule has 2 aromatic rings. The van der Waals surface area contributed by atoms with E-state index in [4.69, 9.17) is 15.1 Å². The monoisotopic (exact) mass is 441 g/mol. The van der Waals surface area contributed by atoms with Crippen LogP contribution in [-0.2, 0) is 9.05 Å². The Morgan fingerprint density at radius 2 is 1.67 bits per heavy atom. The van der Waals surface area contributed by atoms with Crippen molar-refractivity contribution in [1.29, 1.82) is 0 Å². The number of fused-ring (bicyclic) bond motifs is 2. The summed E-state index contributed by atoms with van der Waals surface area (Å²) in [7, 11) is 9.69. The van der Waals surface area contributed by atoms with Gasteiger partial charge in [-0.2, -0.15) is 0 Å². The largest absolute Gasteiger partial charge is 0.456 e. The van der Waals surface area contributed by atoms with Crippen LogP contribution in [0.2, 0.25) is 0 Å². The topological polar surface area (TPSA) is 53.5 Å². The molecule has 5 nitrogen and oxygen atoms in total. The molecule has 0 N–H and O–H groups in total. The van der Waals surface area contributed by atoms with E-state index >= 15 is 0 Å². The van der Waals surface area contributed by atoms with Gasteiger partial charge < -0.3 is 9.32 Å². The van der Waals surface area contributed by atoms with Crippen LogP contribution in [0.4, 0.5) is 5.69 Å². The predicted molar refractivity (Wildman–Crippen MR) is 123 cm³/mol. The lowest BCUT2D eigenvalue weighted by atomic mass is 9.93. The summed E-state index contributed by atoms with van der Waals surface area (Å²) in [5, 5.41) is 1.80. The summed E-state index contributed by atoms with van der Waals surface area (Å²) in [6.07, 6.45) is 0. The smallest absolute Gasteiger partial charge is 0.261 e. The molecule has 2 aromatic carbocycles. The first-order valence-corrected chi connectivity index (χ1v) is 11.7.